The van der Waals surface area contributed by atoms with Gasteiger partial charge in [-0.15, -0.1) is 0 Å². The first-order valence-corrected chi connectivity index (χ1v) is 6.50. The minimum absolute atomic E-state index is 1.16. The Morgan fingerprint density at radius 3 is 2.79 bits per heavy atom. The molecule has 0 aliphatic carbocycles. The molecule has 1 rings (SSSR count). The van der Waals surface area contributed by atoms with Crippen LogP contribution in [-0.4, -0.2) is 16.1 Å². The number of hydrogen-bond acceptors (Lipinski definition) is 1. The van der Waals surface area contributed by atoms with Crippen LogP contribution < -0.4 is 4.57 Å². The highest BCUT2D eigenvalue weighted by atomic mass is 32.2. The van der Waals surface area contributed by atoms with E-state index in [2.05, 4.69) is 42.4 Å². The largest absolute Gasteiger partial charge is 0.253 e. The maximum atomic E-state index is 2.33. The van der Waals surface area contributed by atoms with Crippen molar-refractivity contribution in [1.29, 1.82) is 0 Å². The first kappa shape index (κ1) is 11.6. The summed E-state index contributed by atoms with van der Waals surface area (Å²) >= 11 is 2.04. The summed E-state index contributed by atoms with van der Waals surface area (Å²) in [7, 11) is 2.10. The van der Waals surface area contributed by atoms with Crippen LogP contribution in [0.15, 0.2) is 12.4 Å². The van der Waals surface area contributed by atoms with Gasteiger partial charge in [0.2, 0.25) is 0 Å². The van der Waals surface area contributed by atoms with Crippen molar-refractivity contribution in [3.63, 3.8) is 0 Å². The molecule has 80 valence electrons. The molecule has 0 saturated carbocycles. The first-order valence-electron chi connectivity index (χ1n) is 5.34. The lowest BCUT2D eigenvalue weighted by atomic mass is 10.3. The summed E-state index contributed by atoms with van der Waals surface area (Å²) in [6, 6.07) is 0. The van der Waals surface area contributed by atoms with Gasteiger partial charge in [-0.1, -0.05) is 6.92 Å². The standard InChI is InChI=1S/C11H21N2S/c1-4-14-10-6-5-7-13-9-8-12(3)11(13)2/h8-9H,4-7,10H2,1-3H3/q+1. The molecular formula is C11H21N2S+. The number of aryl methyl sites for hydroxylation is 2. The summed E-state index contributed by atoms with van der Waals surface area (Å²) in [6.07, 6.45) is 6.92. The Bertz CT molecular complexity index is 268. The lowest BCUT2D eigenvalue weighted by Crippen LogP contribution is -2.29. The van der Waals surface area contributed by atoms with Crippen LogP contribution in [0.4, 0.5) is 0 Å². The van der Waals surface area contributed by atoms with Crippen LogP contribution in [0.1, 0.15) is 25.6 Å². The fourth-order valence-electron chi connectivity index (χ4n) is 1.47. The number of rotatable bonds is 6. The van der Waals surface area contributed by atoms with E-state index >= 15 is 0 Å². The van der Waals surface area contributed by atoms with Gasteiger partial charge in [-0.05, 0) is 24.3 Å². The van der Waals surface area contributed by atoms with E-state index < -0.39 is 0 Å². The molecule has 1 heterocycles. The van der Waals surface area contributed by atoms with Gasteiger partial charge in [0.25, 0.3) is 5.82 Å². The van der Waals surface area contributed by atoms with Crippen LogP contribution in [0.25, 0.3) is 0 Å². The van der Waals surface area contributed by atoms with Crippen LogP contribution in [0.5, 0.6) is 0 Å². The second kappa shape index (κ2) is 6.12. The SMILES string of the molecule is CCSCCCCn1cc[n+](C)c1C. The zero-order valence-corrected chi connectivity index (χ0v) is 10.3. The summed E-state index contributed by atoms with van der Waals surface area (Å²) in [5, 5.41) is 0. The summed E-state index contributed by atoms with van der Waals surface area (Å²) in [6.45, 7) is 5.55. The zero-order chi connectivity index (χ0) is 10.4. The predicted molar refractivity (Wildman–Crippen MR) is 62.6 cm³/mol. The first-order chi connectivity index (χ1) is 6.75. The molecule has 1 aromatic heterocycles. The lowest BCUT2D eigenvalue weighted by Gasteiger charge is -1.99. The molecule has 0 spiro atoms. The Hall–Kier alpha value is -0.440. The molecule has 0 amide bonds. The van der Waals surface area contributed by atoms with Crippen molar-refractivity contribution in [2.75, 3.05) is 11.5 Å². The van der Waals surface area contributed by atoms with Gasteiger partial charge in [0.1, 0.15) is 12.4 Å². The van der Waals surface area contributed by atoms with Gasteiger partial charge < -0.3 is 0 Å². The van der Waals surface area contributed by atoms with Crippen molar-refractivity contribution in [2.24, 2.45) is 7.05 Å². The normalized spacial score (nSPS) is 10.8. The summed E-state index contributed by atoms with van der Waals surface area (Å²) in [4.78, 5) is 0. The van der Waals surface area contributed by atoms with Crippen LogP contribution >= 0.6 is 11.8 Å². The Morgan fingerprint density at radius 1 is 1.43 bits per heavy atom. The molecular weight excluding hydrogens is 192 g/mol. The van der Waals surface area contributed by atoms with Crippen LogP contribution in [0.3, 0.4) is 0 Å². The molecule has 1 aromatic rings. The maximum absolute atomic E-state index is 2.33. The van der Waals surface area contributed by atoms with Gasteiger partial charge in [-0.25, -0.2) is 9.13 Å². The number of nitrogens with zero attached hydrogens (tertiary/aromatic N) is 2. The third-order valence-electron chi connectivity index (χ3n) is 2.54. The molecule has 0 saturated heterocycles. The number of unbranched alkanes of at least 4 members (excludes halogenated alkanes) is 1. The van der Waals surface area contributed by atoms with E-state index in [9.17, 15) is 0 Å². The van der Waals surface area contributed by atoms with Gasteiger partial charge in [0.15, 0.2) is 0 Å². The van der Waals surface area contributed by atoms with Crippen molar-refractivity contribution >= 4 is 11.8 Å². The topological polar surface area (TPSA) is 8.81 Å². The van der Waals surface area contributed by atoms with Gasteiger partial charge >= 0.3 is 0 Å². The molecule has 0 unspecified atom stereocenters. The number of thioether (sulfide) groups is 1. The monoisotopic (exact) mass is 213 g/mol. The molecule has 0 aliphatic heterocycles. The van der Waals surface area contributed by atoms with E-state index in [1.165, 1.54) is 30.2 Å². The highest BCUT2D eigenvalue weighted by Gasteiger charge is 2.07. The van der Waals surface area contributed by atoms with Crippen LogP contribution in [0, 0.1) is 6.92 Å². The van der Waals surface area contributed by atoms with Gasteiger partial charge in [-0.2, -0.15) is 11.8 Å². The van der Waals surface area contributed by atoms with Crippen molar-refractivity contribution in [2.45, 2.75) is 33.2 Å². The van der Waals surface area contributed by atoms with E-state index in [0.717, 1.165) is 6.54 Å². The Kier molecular flexibility index (Phi) is 5.09. The highest BCUT2D eigenvalue weighted by molar-refractivity contribution is 7.99. The van der Waals surface area contributed by atoms with Crippen molar-refractivity contribution in [1.82, 2.24) is 4.57 Å². The van der Waals surface area contributed by atoms with Crippen LogP contribution in [-0.2, 0) is 13.6 Å². The lowest BCUT2D eigenvalue weighted by molar-refractivity contribution is -0.677. The molecule has 0 aromatic carbocycles. The smallest absolute Gasteiger partial charge is 0.237 e. The second-order valence-corrected chi connectivity index (χ2v) is 4.95. The van der Waals surface area contributed by atoms with Crippen molar-refractivity contribution < 1.29 is 4.57 Å². The molecule has 0 fully saturated rings. The quantitative estimate of drug-likeness (QED) is 0.519. The summed E-state index contributed by atoms with van der Waals surface area (Å²) in [5.41, 5.74) is 0. The van der Waals surface area contributed by atoms with E-state index in [4.69, 9.17) is 0 Å². The Balaban J connectivity index is 2.21. The van der Waals surface area contributed by atoms with E-state index in [0.29, 0.717) is 0 Å². The van der Waals surface area contributed by atoms with Crippen LogP contribution in [0.2, 0.25) is 0 Å². The van der Waals surface area contributed by atoms with E-state index in [1.54, 1.807) is 0 Å². The van der Waals surface area contributed by atoms with E-state index in [-0.39, 0.29) is 0 Å². The fourth-order valence-corrected chi connectivity index (χ4v) is 2.16. The molecule has 0 aliphatic rings. The number of aromatic nitrogens is 2. The summed E-state index contributed by atoms with van der Waals surface area (Å²) < 4.78 is 4.50. The van der Waals surface area contributed by atoms with E-state index in [1.807, 2.05) is 11.8 Å². The minimum atomic E-state index is 1.16. The average Bonchev–Trinajstić information content (AvgIpc) is 2.49. The summed E-state index contributed by atoms with van der Waals surface area (Å²) in [5.74, 6) is 3.90. The average molecular weight is 213 g/mol. The van der Waals surface area contributed by atoms with Gasteiger partial charge in [0, 0.05) is 6.92 Å². The highest BCUT2D eigenvalue weighted by Crippen LogP contribution is 2.05. The fraction of sp³-hybridized carbons (Fsp3) is 0.727. The minimum Gasteiger partial charge on any atom is -0.237 e. The van der Waals surface area contributed by atoms with Gasteiger partial charge in [0.05, 0.1) is 13.6 Å². The molecule has 3 heteroatoms. The van der Waals surface area contributed by atoms with Gasteiger partial charge in [-0.3, -0.25) is 0 Å². The number of imidazole rings is 1. The molecule has 0 atom stereocenters. The molecule has 0 radical (unpaired) electrons. The third-order valence-corrected chi connectivity index (χ3v) is 3.52. The number of hydrogen-bond donors (Lipinski definition) is 0. The second-order valence-electron chi connectivity index (χ2n) is 3.55. The molecule has 0 N–H and O–H groups in total. The zero-order valence-electron chi connectivity index (χ0n) is 9.49. The Labute approximate surface area is 91.3 Å². The van der Waals surface area contributed by atoms with Crippen molar-refractivity contribution in [3.8, 4) is 0 Å². The maximum Gasteiger partial charge on any atom is 0.253 e. The third kappa shape index (κ3) is 3.37. The Morgan fingerprint density at radius 2 is 2.21 bits per heavy atom. The molecule has 0 bridgehead atoms. The molecule has 14 heavy (non-hydrogen) atoms. The molecule has 2 nitrogen and oxygen atoms in total. The predicted octanol–water partition coefficient (Wildman–Crippen LogP) is 2.15. The van der Waals surface area contributed by atoms with Crippen molar-refractivity contribution in [3.05, 3.63) is 18.2 Å².